The minimum Gasteiger partial charge on any atom is -0.497 e. The predicted molar refractivity (Wildman–Crippen MR) is 105 cm³/mol. The van der Waals surface area contributed by atoms with Gasteiger partial charge in [-0.25, -0.2) is 0 Å². The lowest BCUT2D eigenvalue weighted by Gasteiger charge is -2.22. The number of thioether (sulfide) groups is 1. The molecule has 0 aliphatic carbocycles. The molecule has 134 valence electrons. The van der Waals surface area contributed by atoms with Gasteiger partial charge in [0.1, 0.15) is 5.75 Å². The van der Waals surface area contributed by atoms with E-state index in [4.69, 9.17) is 4.74 Å². The largest absolute Gasteiger partial charge is 0.497 e. The third kappa shape index (κ3) is 5.53. The van der Waals surface area contributed by atoms with Gasteiger partial charge >= 0.3 is 0 Å². The first-order chi connectivity index (χ1) is 12.0. The molecule has 0 bridgehead atoms. The summed E-state index contributed by atoms with van der Waals surface area (Å²) in [5.41, 5.74) is 1.85. The maximum absolute atomic E-state index is 12.9. The molecule has 0 aromatic heterocycles. The number of benzene rings is 2. The van der Waals surface area contributed by atoms with Crippen molar-refractivity contribution in [3.05, 3.63) is 59.7 Å². The van der Waals surface area contributed by atoms with Crippen molar-refractivity contribution in [2.75, 3.05) is 12.9 Å². The molecular weight excluding hydrogens is 330 g/mol. The minimum absolute atomic E-state index is 0.0157. The zero-order valence-corrected chi connectivity index (χ0v) is 16.2. The van der Waals surface area contributed by atoms with Crippen LogP contribution in [0.2, 0.25) is 0 Å². The molecular formula is C21H27NO2S. The van der Waals surface area contributed by atoms with Crippen LogP contribution < -0.4 is 10.1 Å². The first-order valence-corrected chi connectivity index (χ1v) is 9.70. The summed E-state index contributed by atoms with van der Waals surface area (Å²) < 4.78 is 5.23. The Morgan fingerprint density at radius 3 is 2.40 bits per heavy atom. The molecule has 0 aliphatic rings. The van der Waals surface area contributed by atoms with Crippen molar-refractivity contribution in [2.24, 2.45) is 5.92 Å². The molecule has 4 heteroatoms. The molecule has 2 aromatic rings. The smallest absolute Gasteiger partial charge is 0.252 e. The van der Waals surface area contributed by atoms with Crippen LogP contribution in [0, 0.1) is 5.92 Å². The first-order valence-electron chi connectivity index (χ1n) is 8.71. The number of carbonyl (C=O) groups excluding carboxylic acids is 1. The van der Waals surface area contributed by atoms with Crippen molar-refractivity contribution >= 4 is 17.7 Å². The average molecular weight is 358 g/mol. The third-order valence-corrected chi connectivity index (χ3v) is 4.92. The van der Waals surface area contributed by atoms with Gasteiger partial charge in [0.15, 0.2) is 0 Å². The standard InChI is InChI=1S/C21H27NO2S/c1-5-25-20-9-7-6-8-18(20)21(23)22-19(14-15(2)3)16-10-12-17(24-4)13-11-16/h6-13,15,19H,5,14H2,1-4H3,(H,22,23)/t19-/m0/s1. The Morgan fingerprint density at radius 1 is 1.12 bits per heavy atom. The van der Waals surface area contributed by atoms with Gasteiger partial charge in [-0.2, -0.15) is 0 Å². The van der Waals surface area contributed by atoms with Gasteiger partial charge in [0, 0.05) is 4.90 Å². The highest BCUT2D eigenvalue weighted by Gasteiger charge is 2.19. The summed E-state index contributed by atoms with van der Waals surface area (Å²) in [5, 5.41) is 3.22. The molecule has 0 spiro atoms. The SMILES string of the molecule is CCSc1ccccc1C(=O)N[C@@H](CC(C)C)c1ccc(OC)cc1. The third-order valence-electron chi connectivity index (χ3n) is 3.96. The number of amides is 1. The van der Waals surface area contributed by atoms with E-state index in [1.807, 2.05) is 48.5 Å². The number of carbonyl (C=O) groups is 1. The van der Waals surface area contributed by atoms with E-state index < -0.39 is 0 Å². The Labute approximate surface area is 155 Å². The van der Waals surface area contributed by atoms with E-state index in [2.05, 4.69) is 26.1 Å². The molecule has 0 heterocycles. The summed E-state index contributed by atoms with van der Waals surface area (Å²) in [6.07, 6.45) is 0.890. The molecule has 25 heavy (non-hydrogen) atoms. The summed E-state index contributed by atoms with van der Waals surface area (Å²) in [7, 11) is 1.66. The second-order valence-corrected chi connectivity index (χ2v) is 7.66. The second-order valence-electron chi connectivity index (χ2n) is 6.36. The molecule has 0 saturated carbocycles. The van der Waals surface area contributed by atoms with Crippen LogP contribution in [0.15, 0.2) is 53.4 Å². The molecule has 1 N–H and O–H groups in total. The molecule has 0 unspecified atom stereocenters. The highest BCUT2D eigenvalue weighted by molar-refractivity contribution is 7.99. The van der Waals surface area contributed by atoms with Crippen LogP contribution in [0.3, 0.4) is 0 Å². The van der Waals surface area contributed by atoms with Gasteiger partial charge < -0.3 is 10.1 Å². The van der Waals surface area contributed by atoms with Crippen molar-refractivity contribution in [3.8, 4) is 5.75 Å². The van der Waals surface area contributed by atoms with Gasteiger partial charge in [0.2, 0.25) is 0 Å². The first kappa shape index (κ1) is 19.4. The van der Waals surface area contributed by atoms with Crippen molar-refractivity contribution in [3.63, 3.8) is 0 Å². The Bertz CT molecular complexity index is 683. The molecule has 0 fully saturated rings. The molecule has 2 aromatic carbocycles. The van der Waals surface area contributed by atoms with Gasteiger partial charge in [0.05, 0.1) is 18.7 Å². The minimum atomic E-state index is -0.0157. The summed E-state index contributed by atoms with van der Waals surface area (Å²) in [6, 6.07) is 15.7. The highest BCUT2D eigenvalue weighted by Crippen LogP contribution is 2.26. The van der Waals surface area contributed by atoms with Gasteiger partial charge in [-0.3, -0.25) is 4.79 Å². The zero-order chi connectivity index (χ0) is 18.2. The Kier molecular flexibility index (Phi) is 7.38. The van der Waals surface area contributed by atoms with Crippen molar-refractivity contribution < 1.29 is 9.53 Å². The van der Waals surface area contributed by atoms with E-state index in [1.54, 1.807) is 18.9 Å². The number of methoxy groups -OCH3 is 1. The summed E-state index contributed by atoms with van der Waals surface area (Å²) in [5.74, 6) is 2.23. The number of hydrogen-bond donors (Lipinski definition) is 1. The average Bonchev–Trinajstić information content (AvgIpc) is 2.61. The molecule has 1 amide bonds. The molecule has 1 atom stereocenters. The molecule has 0 saturated heterocycles. The van der Waals surface area contributed by atoms with Crippen LogP contribution in [-0.4, -0.2) is 18.8 Å². The Hall–Kier alpha value is -1.94. The predicted octanol–water partition coefficient (Wildman–Crippen LogP) is 5.32. The number of nitrogens with one attached hydrogen (secondary N) is 1. The van der Waals surface area contributed by atoms with Crippen molar-refractivity contribution in [1.29, 1.82) is 0 Å². The fourth-order valence-electron chi connectivity index (χ4n) is 2.76. The van der Waals surface area contributed by atoms with Crippen LogP contribution in [0.25, 0.3) is 0 Å². The summed E-state index contributed by atoms with van der Waals surface area (Å²) >= 11 is 1.69. The number of hydrogen-bond acceptors (Lipinski definition) is 3. The van der Waals surface area contributed by atoms with E-state index in [1.165, 1.54) is 0 Å². The van der Waals surface area contributed by atoms with E-state index in [0.29, 0.717) is 5.92 Å². The van der Waals surface area contributed by atoms with Gasteiger partial charge in [-0.15, -0.1) is 11.8 Å². The van der Waals surface area contributed by atoms with Gasteiger partial charge in [-0.05, 0) is 47.9 Å². The molecule has 3 nitrogen and oxygen atoms in total. The highest BCUT2D eigenvalue weighted by atomic mass is 32.2. The van der Waals surface area contributed by atoms with Crippen LogP contribution in [0.1, 0.15) is 49.2 Å². The van der Waals surface area contributed by atoms with E-state index in [-0.39, 0.29) is 11.9 Å². The van der Waals surface area contributed by atoms with Crippen LogP contribution in [-0.2, 0) is 0 Å². The lowest BCUT2D eigenvalue weighted by atomic mass is 9.96. The van der Waals surface area contributed by atoms with E-state index in [9.17, 15) is 4.79 Å². The quantitative estimate of drug-likeness (QED) is 0.649. The second kappa shape index (κ2) is 9.52. The summed E-state index contributed by atoms with van der Waals surface area (Å²) in [4.78, 5) is 13.9. The van der Waals surface area contributed by atoms with Crippen LogP contribution in [0.5, 0.6) is 5.75 Å². The Morgan fingerprint density at radius 2 is 1.80 bits per heavy atom. The fraction of sp³-hybridized carbons (Fsp3) is 0.381. The van der Waals surface area contributed by atoms with Crippen LogP contribution >= 0.6 is 11.8 Å². The normalized spacial score (nSPS) is 12.0. The van der Waals surface area contributed by atoms with E-state index >= 15 is 0 Å². The molecule has 0 aliphatic heterocycles. The van der Waals surface area contributed by atoms with Gasteiger partial charge in [-0.1, -0.05) is 45.0 Å². The topological polar surface area (TPSA) is 38.3 Å². The number of rotatable bonds is 8. The van der Waals surface area contributed by atoms with E-state index in [0.717, 1.165) is 33.9 Å². The monoisotopic (exact) mass is 357 g/mol. The lowest BCUT2D eigenvalue weighted by Crippen LogP contribution is -2.30. The van der Waals surface area contributed by atoms with Crippen molar-refractivity contribution in [2.45, 2.75) is 38.1 Å². The van der Waals surface area contributed by atoms with Crippen molar-refractivity contribution in [1.82, 2.24) is 5.32 Å². The lowest BCUT2D eigenvalue weighted by molar-refractivity contribution is 0.0929. The molecule has 2 rings (SSSR count). The maximum Gasteiger partial charge on any atom is 0.252 e. The van der Waals surface area contributed by atoms with Crippen LogP contribution in [0.4, 0.5) is 0 Å². The fourth-order valence-corrected chi connectivity index (χ4v) is 3.56. The van der Waals surface area contributed by atoms with Gasteiger partial charge in [0.25, 0.3) is 5.91 Å². The summed E-state index contributed by atoms with van der Waals surface area (Å²) in [6.45, 7) is 6.44. The maximum atomic E-state index is 12.9. The Balaban J connectivity index is 2.22. The molecule has 0 radical (unpaired) electrons. The zero-order valence-electron chi connectivity index (χ0n) is 15.4. The number of ether oxygens (including phenoxy) is 1.